The lowest BCUT2D eigenvalue weighted by atomic mass is 10.2. The van der Waals surface area contributed by atoms with E-state index in [4.69, 9.17) is 4.42 Å². The molecule has 4 rings (SSSR count). The Balaban J connectivity index is 1.52. The van der Waals surface area contributed by atoms with Gasteiger partial charge in [-0.05, 0) is 35.9 Å². The maximum Gasteiger partial charge on any atom is 0.239 e. The Bertz CT molecular complexity index is 1090. The van der Waals surface area contributed by atoms with Crippen LogP contribution >= 0.6 is 11.3 Å². The van der Waals surface area contributed by atoms with Crippen LogP contribution in [0.2, 0.25) is 0 Å². The van der Waals surface area contributed by atoms with Gasteiger partial charge in [-0.3, -0.25) is 4.79 Å². The Morgan fingerprint density at radius 1 is 1.25 bits per heavy atom. The molecule has 0 fully saturated rings. The van der Waals surface area contributed by atoms with E-state index in [1.54, 1.807) is 35.4 Å². The molecule has 1 N–H and O–H groups in total. The molecule has 8 heteroatoms. The highest BCUT2D eigenvalue weighted by molar-refractivity contribution is 7.22. The number of carbonyl (C=O) groups is 1. The summed E-state index contributed by atoms with van der Waals surface area (Å²) in [7, 11) is 1.81. The van der Waals surface area contributed by atoms with Gasteiger partial charge in [0.15, 0.2) is 0 Å². The highest BCUT2D eigenvalue weighted by Gasteiger charge is 2.15. The molecule has 0 unspecified atom stereocenters. The third-order valence-electron chi connectivity index (χ3n) is 4.20. The number of anilines is 1. The SMILES string of the molecule is CN(CC(=O)NCc1ccco1)c1ncnc2cc(-c3ccc(F)cc3)sc12. The van der Waals surface area contributed by atoms with Gasteiger partial charge in [0, 0.05) is 11.9 Å². The minimum atomic E-state index is -0.273. The van der Waals surface area contributed by atoms with Crippen LogP contribution in [0.15, 0.2) is 59.5 Å². The quantitative estimate of drug-likeness (QED) is 0.536. The number of rotatable bonds is 6. The first-order valence-corrected chi connectivity index (χ1v) is 9.42. The molecular formula is C20H17FN4O2S. The average Bonchev–Trinajstić information content (AvgIpc) is 3.36. The molecule has 6 nitrogen and oxygen atoms in total. The van der Waals surface area contributed by atoms with E-state index in [2.05, 4.69) is 15.3 Å². The van der Waals surface area contributed by atoms with E-state index in [-0.39, 0.29) is 18.3 Å². The summed E-state index contributed by atoms with van der Waals surface area (Å²) >= 11 is 1.51. The van der Waals surface area contributed by atoms with Gasteiger partial charge in [-0.25, -0.2) is 14.4 Å². The fourth-order valence-electron chi connectivity index (χ4n) is 2.82. The van der Waals surface area contributed by atoms with Crippen LogP contribution in [0.4, 0.5) is 10.2 Å². The van der Waals surface area contributed by atoms with Crippen molar-refractivity contribution in [2.24, 2.45) is 0 Å². The number of nitrogens with one attached hydrogen (secondary N) is 1. The Labute approximate surface area is 164 Å². The predicted molar refractivity (Wildman–Crippen MR) is 107 cm³/mol. The fourth-order valence-corrected chi connectivity index (χ4v) is 3.98. The van der Waals surface area contributed by atoms with Crippen molar-refractivity contribution in [1.82, 2.24) is 15.3 Å². The molecule has 0 aliphatic carbocycles. The van der Waals surface area contributed by atoms with E-state index in [0.717, 1.165) is 20.7 Å². The second-order valence-corrected chi connectivity index (χ2v) is 7.29. The summed E-state index contributed by atoms with van der Waals surface area (Å²) in [6, 6.07) is 11.9. The number of thiophene rings is 1. The molecule has 0 bridgehead atoms. The molecule has 0 spiro atoms. The summed E-state index contributed by atoms with van der Waals surface area (Å²) < 4.78 is 19.3. The number of fused-ring (bicyclic) bond motifs is 1. The van der Waals surface area contributed by atoms with Gasteiger partial charge >= 0.3 is 0 Å². The number of nitrogens with zero attached hydrogens (tertiary/aromatic N) is 3. The highest BCUT2D eigenvalue weighted by Crippen LogP contribution is 2.36. The van der Waals surface area contributed by atoms with Crippen molar-refractivity contribution in [3.63, 3.8) is 0 Å². The van der Waals surface area contributed by atoms with E-state index < -0.39 is 0 Å². The standard InChI is InChI=1S/C20H17FN4O2S/c1-25(11-18(26)22-10-15-3-2-8-27-15)20-19-16(23-12-24-20)9-17(28-19)13-4-6-14(21)7-5-13/h2-9,12H,10-11H2,1H3,(H,22,26). The number of likely N-dealkylation sites (N-methyl/N-ethyl adjacent to an activating group) is 1. The molecule has 0 saturated carbocycles. The molecule has 0 atom stereocenters. The van der Waals surface area contributed by atoms with Crippen LogP contribution in [0, 0.1) is 5.82 Å². The van der Waals surface area contributed by atoms with Gasteiger partial charge in [-0.1, -0.05) is 12.1 Å². The van der Waals surface area contributed by atoms with Crippen molar-refractivity contribution in [2.45, 2.75) is 6.54 Å². The van der Waals surface area contributed by atoms with E-state index in [0.29, 0.717) is 18.1 Å². The first kappa shape index (κ1) is 18.1. The molecule has 1 amide bonds. The normalized spacial score (nSPS) is 10.9. The highest BCUT2D eigenvalue weighted by atomic mass is 32.1. The Morgan fingerprint density at radius 2 is 2.07 bits per heavy atom. The third kappa shape index (κ3) is 3.86. The average molecular weight is 396 g/mol. The van der Waals surface area contributed by atoms with Crippen LogP contribution in [-0.2, 0) is 11.3 Å². The molecule has 3 aromatic heterocycles. The van der Waals surface area contributed by atoms with Gasteiger partial charge in [0.05, 0.1) is 29.6 Å². The van der Waals surface area contributed by atoms with Gasteiger partial charge in [0.25, 0.3) is 0 Å². The number of furan rings is 1. The predicted octanol–water partition coefficient (Wildman–Crippen LogP) is 3.84. The largest absolute Gasteiger partial charge is 0.467 e. The lowest BCUT2D eigenvalue weighted by molar-refractivity contribution is -0.120. The Morgan fingerprint density at radius 3 is 2.82 bits per heavy atom. The van der Waals surface area contributed by atoms with Crippen LogP contribution in [0.3, 0.4) is 0 Å². The van der Waals surface area contributed by atoms with Crippen molar-refractivity contribution in [3.05, 3.63) is 66.6 Å². The summed E-state index contributed by atoms with van der Waals surface area (Å²) in [5.41, 5.74) is 1.70. The summed E-state index contributed by atoms with van der Waals surface area (Å²) in [5, 5.41) is 2.82. The molecule has 1 aromatic carbocycles. The molecule has 0 radical (unpaired) electrons. The topological polar surface area (TPSA) is 71.3 Å². The van der Waals surface area contributed by atoms with Crippen LogP contribution in [0.5, 0.6) is 0 Å². The van der Waals surface area contributed by atoms with E-state index in [9.17, 15) is 9.18 Å². The minimum absolute atomic E-state index is 0.138. The van der Waals surface area contributed by atoms with Crippen LogP contribution in [0.1, 0.15) is 5.76 Å². The second-order valence-electron chi connectivity index (χ2n) is 6.24. The molecule has 0 aliphatic rings. The number of aromatic nitrogens is 2. The van der Waals surface area contributed by atoms with E-state index in [1.165, 1.54) is 29.8 Å². The molecule has 3 heterocycles. The smallest absolute Gasteiger partial charge is 0.239 e. The number of benzene rings is 1. The molecule has 0 aliphatic heterocycles. The lowest BCUT2D eigenvalue weighted by Gasteiger charge is -2.17. The maximum atomic E-state index is 13.2. The van der Waals surface area contributed by atoms with Gasteiger partial charge < -0.3 is 14.6 Å². The zero-order valence-corrected chi connectivity index (χ0v) is 15.9. The van der Waals surface area contributed by atoms with Crippen LogP contribution in [-0.4, -0.2) is 29.5 Å². The fraction of sp³-hybridized carbons (Fsp3) is 0.150. The van der Waals surface area contributed by atoms with Crippen molar-refractivity contribution < 1.29 is 13.6 Å². The molecule has 142 valence electrons. The third-order valence-corrected chi connectivity index (χ3v) is 5.37. The van der Waals surface area contributed by atoms with Crippen LogP contribution in [0.25, 0.3) is 20.7 Å². The van der Waals surface area contributed by atoms with Crippen molar-refractivity contribution in [3.8, 4) is 10.4 Å². The first-order valence-electron chi connectivity index (χ1n) is 8.61. The number of carbonyl (C=O) groups excluding carboxylic acids is 1. The second kappa shape index (κ2) is 7.77. The summed E-state index contributed by atoms with van der Waals surface area (Å²) in [6.45, 7) is 0.489. The van der Waals surface area contributed by atoms with Crippen molar-refractivity contribution in [2.75, 3.05) is 18.5 Å². The summed E-state index contributed by atoms with van der Waals surface area (Å²) in [6.07, 6.45) is 3.05. The number of halogens is 1. The summed E-state index contributed by atoms with van der Waals surface area (Å²) in [5.74, 6) is 0.964. The van der Waals surface area contributed by atoms with Crippen molar-refractivity contribution in [1.29, 1.82) is 0 Å². The molecule has 4 aromatic rings. The monoisotopic (exact) mass is 396 g/mol. The number of hydrogen-bond acceptors (Lipinski definition) is 6. The number of hydrogen-bond donors (Lipinski definition) is 1. The maximum absolute atomic E-state index is 13.2. The molecule has 28 heavy (non-hydrogen) atoms. The Kier molecular flexibility index (Phi) is 5.03. The zero-order chi connectivity index (χ0) is 19.5. The first-order chi connectivity index (χ1) is 13.6. The lowest BCUT2D eigenvalue weighted by Crippen LogP contribution is -2.35. The van der Waals surface area contributed by atoms with Gasteiger partial charge in [0.2, 0.25) is 5.91 Å². The van der Waals surface area contributed by atoms with E-state index in [1.807, 2.05) is 13.1 Å². The minimum Gasteiger partial charge on any atom is -0.467 e. The summed E-state index contributed by atoms with van der Waals surface area (Å²) in [4.78, 5) is 23.7. The van der Waals surface area contributed by atoms with Crippen molar-refractivity contribution >= 4 is 33.3 Å². The molecular weight excluding hydrogens is 379 g/mol. The van der Waals surface area contributed by atoms with Gasteiger partial charge in [-0.15, -0.1) is 11.3 Å². The van der Waals surface area contributed by atoms with Crippen LogP contribution < -0.4 is 10.2 Å². The Hall–Kier alpha value is -3.26. The zero-order valence-electron chi connectivity index (χ0n) is 15.1. The van der Waals surface area contributed by atoms with Gasteiger partial charge in [-0.2, -0.15) is 0 Å². The van der Waals surface area contributed by atoms with Gasteiger partial charge in [0.1, 0.15) is 23.7 Å². The number of amides is 1. The molecule has 0 saturated heterocycles. The van der Waals surface area contributed by atoms with E-state index >= 15 is 0 Å².